The third-order valence-corrected chi connectivity index (χ3v) is 5.47. The molecule has 1 heterocycles. The zero-order valence-corrected chi connectivity index (χ0v) is 18.4. The molecule has 1 aliphatic heterocycles. The summed E-state index contributed by atoms with van der Waals surface area (Å²) in [5, 5.41) is 3.82. The Morgan fingerprint density at radius 2 is 1.97 bits per heavy atom. The summed E-state index contributed by atoms with van der Waals surface area (Å²) in [5.41, 5.74) is 2.81. The normalized spacial score (nSPS) is 18.5. The van der Waals surface area contributed by atoms with Crippen molar-refractivity contribution in [3.63, 3.8) is 0 Å². The van der Waals surface area contributed by atoms with Crippen molar-refractivity contribution >= 4 is 40.5 Å². The Morgan fingerprint density at radius 3 is 2.63 bits per heavy atom. The molecule has 0 aliphatic carbocycles. The molecule has 3 rings (SSSR count). The highest BCUT2D eigenvalue weighted by Gasteiger charge is 2.42. The van der Waals surface area contributed by atoms with Crippen LogP contribution in [0.5, 0.6) is 5.75 Å². The molecule has 0 bridgehead atoms. The van der Waals surface area contributed by atoms with E-state index in [1.165, 1.54) is 0 Å². The van der Waals surface area contributed by atoms with Crippen LogP contribution in [0.2, 0.25) is 10.0 Å². The van der Waals surface area contributed by atoms with Gasteiger partial charge in [-0.1, -0.05) is 41.4 Å². The van der Waals surface area contributed by atoms with Crippen LogP contribution in [-0.4, -0.2) is 24.3 Å². The summed E-state index contributed by atoms with van der Waals surface area (Å²) in [7, 11) is 0. The van der Waals surface area contributed by atoms with Gasteiger partial charge in [0.1, 0.15) is 5.75 Å². The number of hydrogen-bond acceptors (Lipinski definition) is 3. The number of nitrogens with zero attached hydrogens (tertiary/aromatic N) is 2. The Kier molecular flexibility index (Phi) is 6.81. The van der Waals surface area contributed by atoms with Crippen molar-refractivity contribution < 1.29 is 9.53 Å². The largest absolute Gasteiger partial charge is 0.492 e. The molecule has 0 aromatic heterocycles. The van der Waals surface area contributed by atoms with Crippen LogP contribution >= 0.6 is 23.2 Å². The zero-order chi connectivity index (χ0) is 21.8. The number of aliphatic imine (C=N–C) groups is 1. The van der Waals surface area contributed by atoms with Crippen LogP contribution in [0.25, 0.3) is 4.85 Å². The van der Waals surface area contributed by atoms with Gasteiger partial charge < -0.3 is 14.9 Å². The van der Waals surface area contributed by atoms with Gasteiger partial charge in [-0.15, -0.1) is 0 Å². The number of hydrogen-bond donors (Lipinski definition) is 1. The predicted octanol–water partition coefficient (Wildman–Crippen LogP) is 6.15. The second-order valence-corrected chi connectivity index (χ2v) is 7.70. The molecule has 2 aromatic rings. The number of ether oxygens (including phenoxy) is 1. The van der Waals surface area contributed by atoms with Crippen molar-refractivity contribution in [2.24, 2.45) is 4.99 Å². The van der Waals surface area contributed by atoms with E-state index in [1.807, 2.05) is 19.1 Å². The van der Waals surface area contributed by atoms with E-state index in [9.17, 15) is 4.79 Å². The summed E-state index contributed by atoms with van der Waals surface area (Å²) in [5.74, 6) is -0.338. The maximum absolute atomic E-state index is 13.4. The van der Waals surface area contributed by atoms with E-state index in [0.717, 1.165) is 0 Å². The van der Waals surface area contributed by atoms with Crippen LogP contribution in [0, 0.1) is 6.57 Å². The number of amides is 1. The molecule has 7 heteroatoms. The van der Waals surface area contributed by atoms with Gasteiger partial charge >= 0.3 is 0 Å². The molecule has 2 aromatic carbocycles. The topological polar surface area (TPSA) is 55.0 Å². The Balaban J connectivity index is 2.08. The lowest BCUT2D eigenvalue weighted by Gasteiger charge is -2.27. The highest BCUT2D eigenvalue weighted by molar-refractivity contribution is 6.35. The van der Waals surface area contributed by atoms with Gasteiger partial charge in [0.15, 0.2) is 0 Å². The third-order valence-electron chi connectivity index (χ3n) is 4.90. The highest BCUT2D eigenvalue weighted by atomic mass is 35.5. The van der Waals surface area contributed by atoms with E-state index in [-0.39, 0.29) is 5.91 Å². The smallest absolute Gasteiger partial charge is 0.272 e. The maximum atomic E-state index is 13.4. The van der Waals surface area contributed by atoms with Gasteiger partial charge in [-0.3, -0.25) is 9.79 Å². The van der Waals surface area contributed by atoms with Crippen LogP contribution in [0.4, 0.5) is 5.69 Å². The van der Waals surface area contributed by atoms with Crippen LogP contribution in [0.1, 0.15) is 32.3 Å². The molecule has 154 valence electrons. The van der Waals surface area contributed by atoms with Gasteiger partial charge in [0.25, 0.3) is 11.9 Å². The lowest BCUT2D eigenvalue weighted by atomic mass is 9.80. The number of carbonyl (C=O) groups is 1. The van der Waals surface area contributed by atoms with Gasteiger partial charge in [-0.25, -0.2) is 6.57 Å². The molecular formula is C23H21Cl2N3O2. The SMILES string of the molecule is [C-]#[N+]C1C(C)=NC(C)=C(C(=O)Nc2ccccc2OCC)C1c1ccc(Cl)cc1Cl. The van der Waals surface area contributed by atoms with Crippen LogP contribution in [0.15, 0.2) is 58.7 Å². The first-order valence-corrected chi connectivity index (χ1v) is 10.2. The number of carbonyl (C=O) groups excluding carboxylic acids is 1. The molecule has 0 saturated carbocycles. The van der Waals surface area contributed by atoms with Gasteiger partial charge in [0.2, 0.25) is 0 Å². The maximum Gasteiger partial charge on any atom is 0.272 e. The second kappa shape index (κ2) is 9.34. The number of benzene rings is 2. The van der Waals surface area contributed by atoms with Gasteiger partial charge in [0, 0.05) is 15.7 Å². The standard InChI is InChI=1S/C23H21Cl2N3O2/c1-5-30-19-9-7-6-8-18(19)28-23(29)20-13(2)27-14(3)22(26-4)21(20)16-11-10-15(24)12-17(16)25/h6-12,21-22H,5H2,1-3H3,(H,28,29). The Bertz CT molecular complexity index is 1090. The first-order chi connectivity index (χ1) is 14.4. The highest BCUT2D eigenvalue weighted by Crippen LogP contribution is 2.41. The summed E-state index contributed by atoms with van der Waals surface area (Å²) in [6, 6.07) is 11.7. The van der Waals surface area contributed by atoms with Crippen molar-refractivity contribution in [1.82, 2.24) is 0 Å². The molecule has 0 radical (unpaired) electrons. The molecule has 5 nitrogen and oxygen atoms in total. The zero-order valence-electron chi connectivity index (χ0n) is 16.9. The predicted molar refractivity (Wildman–Crippen MR) is 122 cm³/mol. The molecule has 1 aliphatic rings. The van der Waals surface area contributed by atoms with E-state index < -0.39 is 12.0 Å². The minimum absolute atomic E-state index is 0.347. The second-order valence-electron chi connectivity index (χ2n) is 6.85. The van der Waals surface area contributed by atoms with Crippen molar-refractivity contribution in [1.29, 1.82) is 0 Å². The summed E-state index contributed by atoms with van der Waals surface area (Å²) in [4.78, 5) is 21.6. The van der Waals surface area contributed by atoms with E-state index in [2.05, 4.69) is 15.2 Å². The van der Waals surface area contributed by atoms with E-state index in [4.69, 9.17) is 34.5 Å². The fourth-order valence-electron chi connectivity index (χ4n) is 3.61. The lowest BCUT2D eigenvalue weighted by Crippen LogP contribution is -2.34. The van der Waals surface area contributed by atoms with Gasteiger partial charge in [-0.2, -0.15) is 0 Å². The number of allylic oxidation sites excluding steroid dienone is 1. The molecule has 0 fully saturated rings. The van der Waals surface area contributed by atoms with E-state index in [1.54, 1.807) is 44.2 Å². The average Bonchev–Trinajstić information content (AvgIpc) is 2.69. The molecule has 2 atom stereocenters. The molecular weight excluding hydrogens is 421 g/mol. The fraction of sp³-hybridized carbons (Fsp3) is 0.261. The lowest BCUT2D eigenvalue weighted by molar-refractivity contribution is -0.113. The number of para-hydroxylation sites is 2. The summed E-state index contributed by atoms with van der Waals surface area (Å²) in [6.45, 7) is 13.6. The number of anilines is 1. The molecule has 30 heavy (non-hydrogen) atoms. The first-order valence-electron chi connectivity index (χ1n) is 9.48. The van der Waals surface area contributed by atoms with Crippen LogP contribution in [-0.2, 0) is 4.79 Å². The number of nitrogens with one attached hydrogen (secondary N) is 1. The Morgan fingerprint density at radius 1 is 1.23 bits per heavy atom. The fourth-order valence-corrected chi connectivity index (χ4v) is 4.13. The van der Waals surface area contributed by atoms with Crippen molar-refractivity contribution in [3.05, 3.63) is 80.8 Å². The summed E-state index contributed by atoms with van der Waals surface area (Å²) < 4.78 is 5.61. The van der Waals surface area contributed by atoms with Crippen molar-refractivity contribution in [2.45, 2.75) is 32.7 Å². The molecule has 0 spiro atoms. The Labute approximate surface area is 186 Å². The van der Waals surface area contributed by atoms with Crippen molar-refractivity contribution in [3.8, 4) is 5.75 Å². The van der Waals surface area contributed by atoms with E-state index in [0.29, 0.717) is 50.6 Å². The molecule has 2 unspecified atom stereocenters. The summed E-state index contributed by atoms with van der Waals surface area (Å²) in [6.07, 6.45) is 0. The van der Waals surface area contributed by atoms with Gasteiger partial charge in [0.05, 0.1) is 29.5 Å². The molecule has 0 saturated heterocycles. The van der Waals surface area contributed by atoms with Crippen LogP contribution < -0.4 is 10.1 Å². The number of halogens is 2. The average molecular weight is 442 g/mol. The summed E-state index contributed by atoms with van der Waals surface area (Å²) >= 11 is 12.5. The minimum atomic E-state index is -0.643. The monoisotopic (exact) mass is 441 g/mol. The van der Waals surface area contributed by atoms with Crippen molar-refractivity contribution in [2.75, 3.05) is 11.9 Å². The third kappa shape index (κ3) is 4.35. The molecule has 1 N–H and O–H groups in total. The Hall–Kier alpha value is -2.81. The molecule has 1 amide bonds. The first kappa shape index (κ1) is 21.9. The van der Waals surface area contributed by atoms with E-state index >= 15 is 0 Å². The quantitative estimate of drug-likeness (QED) is 0.565. The number of rotatable bonds is 5. The van der Waals surface area contributed by atoms with Gasteiger partial charge in [-0.05, 0) is 50.6 Å². The minimum Gasteiger partial charge on any atom is -0.492 e. The van der Waals surface area contributed by atoms with Crippen LogP contribution in [0.3, 0.4) is 0 Å².